The Balaban J connectivity index is 1.12. The molecule has 3 aromatic heterocycles. The van der Waals surface area contributed by atoms with Gasteiger partial charge in [0.05, 0.1) is 42.9 Å². The SMILES string of the molecule is CCc1c(C)c2cc3nc(cc4nc(c(C)c5cc(C)c(cc1[nH]2)[nH]5)[C@@H](CCC(=O)SCCCS[C@H]1C[C@@H](O)C[C@@H](CO)O1)[C@@H]4C)C(C)=C3C(C)OCCCS[C@@H]1O[C@H](CO)[C@@H](O)[C@H](O)[C@H]1O. The lowest BCUT2D eigenvalue weighted by Crippen LogP contribution is -2.57. The highest BCUT2D eigenvalue weighted by molar-refractivity contribution is 8.13. The van der Waals surface area contributed by atoms with E-state index in [-0.39, 0.29) is 41.2 Å². The predicted octanol–water partition coefficient (Wildman–Crippen LogP) is 6.97. The molecule has 67 heavy (non-hydrogen) atoms. The van der Waals surface area contributed by atoms with E-state index in [9.17, 15) is 35.4 Å². The Labute approximate surface area is 406 Å². The molecule has 0 saturated carbocycles. The highest BCUT2D eigenvalue weighted by Gasteiger charge is 2.43. The molecule has 3 aromatic rings. The third-order valence-electron chi connectivity index (χ3n) is 13.7. The smallest absolute Gasteiger partial charge is 0.188 e. The minimum atomic E-state index is -1.41. The second-order valence-electron chi connectivity index (χ2n) is 18.4. The van der Waals surface area contributed by atoms with Crippen LogP contribution in [0.25, 0.3) is 33.2 Å². The Morgan fingerprint density at radius 1 is 0.836 bits per heavy atom. The van der Waals surface area contributed by atoms with Crippen LogP contribution >= 0.6 is 35.3 Å². The normalized spacial score (nSPS) is 27.2. The van der Waals surface area contributed by atoms with E-state index in [0.717, 1.165) is 91.3 Å². The first kappa shape index (κ1) is 52.1. The van der Waals surface area contributed by atoms with Gasteiger partial charge in [-0.25, -0.2) is 4.98 Å². The Kier molecular flexibility index (Phi) is 18.2. The van der Waals surface area contributed by atoms with E-state index in [2.05, 4.69) is 75.8 Å². The molecule has 7 heterocycles. The number of carbonyl (C=O) groups is 1. The molecule has 0 spiro atoms. The molecule has 2 fully saturated rings. The number of thioether (sulfide) groups is 3. The highest BCUT2D eigenvalue weighted by atomic mass is 32.2. The molecular weight excluding hydrogens is 913 g/mol. The molecule has 4 aliphatic heterocycles. The number of H-pyrrole nitrogens is 2. The Morgan fingerprint density at radius 3 is 2.33 bits per heavy atom. The number of hydrogen-bond donors (Lipinski definition) is 8. The molecule has 8 bridgehead atoms. The number of aromatic nitrogens is 4. The van der Waals surface area contributed by atoms with Gasteiger partial charge in [-0.1, -0.05) is 25.6 Å². The van der Waals surface area contributed by atoms with E-state index in [4.69, 9.17) is 24.2 Å². The summed E-state index contributed by atoms with van der Waals surface area (Å²) in [5.74, 6) is 2.10. The van der Waals surface area contributed by atoms with Gasteiger partial charge in [-0.3, -0.25) is 9.78 Å². The van der Waals surface area contributed by atoms with Crippen LogP contribution in [0, 0.1) is 20.8 Å². The quantitative estimate of drug-likeness (QED) is 0.0603. The average Bonchev–Trinajstić information content (AvgIpc) is 4.02. The van der Waals surface area contributed by atoms with Crippen molar-refractivity contribution < 1.29 is 49.6 Å². The molecule has 17 heteroatoms. The van der Waals surface area contributed by atoms with E-state index in [0.29, 0.717) is 50.2 Å². The van der Waals surface area contributed by atoms with Gasteiger partial charge in [0, 0.05) is 82.5 Å². The summed E-state index contributed by atoms with van der Waals surface area (Å²) in [7, 11) is 0. The molecule has 4 aliphatic rings. The standard InChI is InChI=1S/C50H70N4O10S3/c1-8-33-26(3)37-22-41-45(30(7)62-13-9-14-67-50-49(61)48(60)47(59)42(24-56)64-50)28(5)39(53-41)21-38-27(4)34(46(54-38)29(6)36-17-25(2)35(51-36)20-40(33)52-37)11-12-43(58)65-15-10-16-66-44-19-31(57)18-32(23-55)63-44/h17,20-22,27,30-32,34,42,44,47-52,55-57,59-61H,8-16,18-19,23-24H2,1-7H3/t27-,30?,31-,32-,34-,42+,44-,47+,48-,49+,50-/m0/s1. The fourth-order valence-electron chi connectivity index (χ4n) is 9.72. The molecule has 0 aromatic carbocycles. The van der Waals surface area contributed by atoms with Crippen molar-refractivity contribution in [3.05, 3.63) is 69.3 Å². The lowest BCUT2D eigenvalue weighted by molar-refractivity contribution is -0.205. The van der Waals surface area contributed by atoms with Crippen LogP contribution in [0.1, 0.15) is 123 Å². The predicted molar refractivity (Wildman–Crippen MR) is 269 cm³/mol. The van der Waals surface area contributed by atoms with E-state index in [1.54, 1.807) is 11.8 Å². The fraction of sp³-hybridized carbons (Fsp3) is 0.620. The minimum Gasteiger partial charge on any atom is -0.394 e. The number of aliphatic hydroxyl groups excluding tert-OH is 6. The second kappa shape index (κ2) is 23.4. The van der Waals surface area contributed by atoms with Crippen LogP contribution in [-0.4, -0.2) is 146 Å². The van der Waals surface area contributed by atoms with E-state index < -0.39 is 42.6 Å². The molecule has 7 rings (SSSR count). The maximum absolute atomic E-state index is 13.4. The van der Waals surface area contributed by atoms with Crippen molar-refractivity contribution in [1.29, 1.82) is 0 Å². The van der Waals surface area contributed by atoms with Crippen LogP contribution in [0.5, 0.6) is 0 Å². The van der Waals surface area contributed by atoms with Gasteiger partial charge >= 0.3 is 0 Å². The van der Waals surface area contributed by atoms with Crippen molar-refractivity contribution in [2.45, 2.75) is 159 Å². The minimum absolute atomic E-state index is 0.0104. The number of aliphatic hydroxyl groups is 6. The molecule has 11 atom stereocenters. The summed E-state index contributed by atoms with van der Waals surface area (Å²) in [5.41, 5.74) is 13.2. The number of aryl methyl sites for hydroxylation is 4. The highest BCUT2D eigenvalue weighted by Crippen LogP contribution is 2.43. The Bertz CT molecular complexity index is 2410. The summed E-state index contributed by atoms with van der Waals surface area (Å²) in [6.45, 7) is 14.7. The van der Waals surface area contributed by atoms with Gasteiger partial charge < -0.3 is 54.8 Å². The van der Waals surface area contributed by atoms with Crippen LogP contribution in [0.4, 0.5) is 0 Å². The number of nitrogens with one attached hydrogen (secondary N) is 2. The first-order chi connectivity index (χ1) is 32.1. The van der Waals surface area contributed by atoms with Crippen molar-refractivity contribution in [3.8, 4) is 0 Å². The average molecular weight is 983 g/mol. The molecular formula is C50H70N4O10S3. The second-order valence-corrected chi connectivity index (χ2v) is 22.0. The van der Waals surface area contributed by atoms with Gasteiger partial charge in [0.2, 0.25) is 0 Å². The van der Waals surface area contributed by atoms with Gasteiger partial charge in [0.1, 0.15) is 35.3 Å². The topological polar surface area (TPSA) is 223 Å². The summed E-state index contributed by atoms with van der Waals surface area (Å²) < 4.78 is 18.1. The van der Waals surface area contributed by atoms with Crippen molar-refractivity contribution in [2.75, 3.05) is 37.1 Å². The number of allylic oxidation sites excluding steroid dienone is 1. The zero-order chi connectivity index (χ0) is 48.1. The molecule has 368 valence electrons. The lowest BCUT2D eigenvalue weighted by atomic mass is 9.86. The number of nitrogens with zero attached hydrogens (tertiary/aromatic N) is 2. The maximum atomic E-state index is 13.4. The van der Waals surface area contributed by atoms with E-state index >= 15 is 0 Å². The molecule has 0 radical (unpaired) electrons. The summed E-state index contributed by atoms with van der Waals surface area (Å²) in [4.78, 5) is 31.5. The first-order valence-electron chi connectivity index (χ1n) is 23.8. The summed E-state index contributed by atoms with van der Waals surface area (Å²) >= 11 is 4.33. The van der Waals surface area contributed by atoms with Gasteiger partial charge in [-0.15, -0.1) is 23.5 Å². The van der Waals surface area contributed by atoms with Crippen molar-refractivity contribution in [1.82, 2.24) is 19.9 Å². The summed E-state index contributed by atoms with van der Waals surface area (Å²) in [6, 6.07) is 8.62. The Morgan fingerprint density at radius 2 is 1.58 bits per heavy atom. The third-order valence-corrected chi connectivity index (χ3v) is 17.2. The van der Waals surface area contributed by atoms with Gasteiger partial charge in [0.25, 0.3) is 0 Å². The molecule has 1 unspecified atom stereocenters. The third kappa shape index (κ3) is 12.1. The van der Waals surface area contributed by atoms with Crippen molar-refractivity contribution in [2.24, 2.45) is 0 Å². The molecule has 0 amide bonds. The van der Waals surface area contributed by atoms with Crippen molar-refractivity contribution in [3.63, 3.8) is 0 Å². The van der Waals surface area contributed by atoms with Crippen LogP contribution in [-0.2, 0) is 25.4 Å². The largest absolute Gasteiger partial charge is 0.394 e. The molecule has 2 saturated heterocycles. The zero-order valence-electron chi connectivity index (χ0n) is 39.8. The first-order valence-corrected chi connectivity index (χ1v) is 26.9. The van der Waals surface area contributed by atoms with Gasteiger partial charge in [-0.05, 0) is 124 Å². The van der Waals surface area contributed by atoms with E-state index in [1.807, 2.05) is 6.92 Å². The molecule has 8 N–H and O–H groups in total. The fourth-order valence-corrected chi connectivity index (χ4v) is 12.9. The maximum Gasteiger partial charge on any atom is 0.188 e. The van der Waals surface area contributed by atoms with Crippen LogP contribution in [0.2, 0.25) is 0 Å². The molecule has 0 aliphatic carbocycles. The lowest BCUT2D eigenvalue weighted by Gasteiger charge is -2.39. The zero-order valence-corrected chi connectivity index (χ0v) is 42.2. The van der Waals surface area contributed by atoms with Crippen LogP contribution in [0.3, 0.4) is 0 Å². The number of aromatic amines is 2. The monoisotopic (exact) mass is 982 g/mol. The van der Waals surface area contributed by atoms with Crippen molar-refractivity contribution >= 4 is 73.6 Å². The molecule has 14 nitrogen and oxygen atoms in total. The number of fused-ring (bicyclic) bond motifs is 8. The van der Waals surface area contributed by atoms with Crippen LogP contribution < -0.4 is 0 Å². The van der Waals surface area contributed by atoms with Gasteiger partial charge in [-0.2, -0.15) is 0 Å². The van der Waals surface area contributed by atoms with E-state index in [1.165, 1.54) is 29.1 Å². The number of hydrogen-bond acceptors (Lipinski definition) is 15. The summed E-state index contributed by atoms with van der Waals surface area (Å²) in [6.07, 6.45) is -1.74. The number of carbonyl (C=O) groups excluding carboxylic acids is 1. The van der Waals surface area contributed by atoms with Gasteiger partial charge in [0.15, 0.2) is 5.12 Å². The Hall–Kier alpha value is -2.78. The number of rotatable bonds is 18. The number of ether oxygens (including phenoxy) is 3. The van der Waals surface area contributed by atoms with Crippen LogP contribution in [0.15, 0.2) is 24.3 Å². The summed E-state index contributed by atoms with van der Waals surface area (Å²) in [5, 5.41) is 60.3.